The summed E-state index contributed by atoms with van der Waals surface area (Å²) in [6.07, 6.45) is 62.4. The average molecular weight is 883 g/mol. The van der Waals surface area contributed by atoms with Gasteiger partial charge in [0.15, 0.2) is 6.10 Å². The second kappa shape index (κ2) is 52.0. The van der Waals surface area contributed by atoms with Crippen LogP contribution in [0.2, 0.25) is 0 Å². The van der Waals surface area contributed by atoms with Crippen molar-refractivity contribution in [3.63, 3.8) is 0 Å². The molecule has 0 fully saturated rings. The number of rotatable bonds is 49. The maximum absolute atomic E-state index is 12.8. The van der Waals surface area contributed by atoms with Gasteiger partial charge in [0.25, 0.3) is 0 Å². The zero-order valence-corrected chi connectivity index (χ0v) is 41.8. The van der Waals surface area contributed by atoms with Crippen LogP contribution in [0, 0.1) is 0 Å². The van der Waals surface area contributed by atoms with Gasteiger partial charge in [-0.25, -0.2) is 0 Å². The number of hydrogen-bond donors (Lipinski definition) is 0. The summed E-state index contributed by atoms with van der Waals surface area (Å²) in [5.74, 6) is -0.925. The second-order valence-electron chi connectivity index (χ2n) is 18.1. The van der Waals surface area contributed by atoms with Crippen LogP contribution in [0.5, 0.6) is 0 Å². The summed E-state index contributed by atoms with van der Waals surface area (Å²) in [7, 11) is 0. The largest absolute Gasteiger partial charge is 0.462 e. The SMILES string of the molecule is CCCCC/C=C\C/C=C\C/C=C\CCCCC(=O)O[C@H](COC(=O)CCCCCCC/C=C\CCCCCCCC)COC(=O)CCCCCCCCCCCCCCCCC. The molecular weight excluding hydrogens is 781 g/mol. The van der Waals surface area contributed by atoms with Crippen LogP contribution in [0.1, 0.15) is 278 Å². The fourth-order valence-corrected chi connectivity index (χ4v) is 7.68. The lowest BCUT2D eigenvalue weighted by Gasteiger charge is -2.18. The molecule has 0 aliphatic heterocycles. The van der Waals surface area contributed by atoms with Gasteiger partial charge in [-0.3, -0.25) is 14.4 Å². The molecule has 0 unspecified atom stereocenters. The predicted octanol–water partition coefficient (Wildman–Crippen LogP) is 17.9. The van der Waals surface area contributed by atoms with Gasteiger partial charge >= 0.3 is 17.9 Å². The zero-order valence-electron chi connectivity index (χ0n) is 41.8. The Morgan fingerprint density at radius 2 is 0.571 bits per heavy atom. The van der Waals surface area contributed by atoms with E-state index in [0.29, 0.717) is 19.3 Å². The van der Waals surface area contributed by atoms with E-state index in [4.69, 9.17) is 14.2 Å². The van der Waals surface area contributed by atoms with Crippen LogP contribution < -0.4 is 0 Å². The van der Waals surface area contributed by atoms with Crippen LogP contribution in [-0.4, -0.2) is 37.2 Å². The van der Waals surface area contributed by atoms with Crippen molar-refractivity contribution in [2.75, 3.05) is 13.2 Å². The summed E-state index contributed by atoms with van der Waals surface area (Å²) in [6.45, 7) is 6.59. The predicted molar refractivity (Wildman–Crippen MR) is 270 cm³/mol. The summed E-state index contributed by atoms with van der Waals surface area (Å²) in [4.78, 5) is 38.0. The highest BCUT2D eigenvalue weighted by Gasteiger charge is 2.19. The summed E-state index contributed by atoms with van der Waals surface area (Å²) in [5.41, 5.74) is 0. The van der Waals surface area contributed by atoms with Gasteiger partial charge in [0.2, 0.25) is 0 Å². The van der Waals surface area contributed by atoms with E-state index in [1.165, 1.54) is 161 Å². The third-order valence-corrected chi connectivity index (χ3v) is 11.8. The Hall–Kier alpha value is -2.63. The standard InChI is InChI=1S/C57H102O6/c1-4-7-10-13-16-19-22-25-28-31-34-37-40-43-46-49-55(58)61-52-54(63-57(60)51-48-45-42-39-36-33-30-27-24-21-18-15-12-9-6-3)53-62-56(59)50-47-44-41-38-35-32-29-26-23-20-17-14-11-8-5-2/h18,21,25,27-28,30,36,39,54H,4-17,19-20,22-24,26,29,31-35,37-38,40-53H2,1-3H3/b21-18-,28-25-,30-27-,39-36-/t54-/m1/s1. The average Bonchev–Trinajstić information content (AvgIpc) is 3.28. The van der Waals surface area contributed by atoms with E-state index in [0.717, 1.165) is 70.6 Å². The van der Waals surface area contributed by atoms with Crippen LogP contribution in [-0.2, 0) is 28.6 Å². The molecule has 0 amide bonds. The van der Waals surface area contributed by atoms with Crippen LogP contribution in [0.15, 0.2) is 48.6 Å². The van der Waals surface area contributed by atoms with Gasteiger partial charge in [0.1, 0.15) is 13.2 Å². The fourth-order valence-electron chi connectivity index (χ4n) is 7.68. The van der Waals surface area contributed by atoms with E-state index >= 15 is 0 Å². The van der Waals surface area contributed by atoms with Gasteiger partial charge < -0.3 is 14.2 Å². The summed E-state index contributed by atoms with van der Waals surface area (Å²) in [6, 6.07) is 0. The zero-order chi connectivity index (χ0) is 45.8. The summed E-state index contributed by atoms with van der Waals surface area (Å²) < 4.78 is 16.8. The van der Waals surface area contributed by atoms with Crippen molar-refractivity contribution in [3.05, 3.63) is 48.6 Å². The van der Waals surface area contributed by atoms with Gasteiger partial charge in [-0.2, -0.15) is 0 Å². The Labute approximate surface area is 390 Å². The van der Waals surface area contributed by atoms with Crippen molar-refractivity contribution >= 4 is 17.9 Å². The molecule has 0 aliphatic rings. The third-order valence-electron chi connectivity index (χ3n) is 11.8. The van der Waals surface area contributed by atoms with E-state index in [1.54, 1.807) is 0 Å². The van der Waals surface area contributed by atoms with Crippen molar-refractivity contribution in [1.82, 2.24) is 0 Å². The first-order chi connectivity index (χ1) is 31.0. The number of carbonyl (C=O) groups is 3. The third kappa shape index (κ3) is 50.2. The van der Waals surface area contributed by atoms with Gasteiger partial charge in [-0.1, -0.05) is 223 Å². The first kappa shape index (κ1) is 60.4. The molecule has 0 heterocycles. The Bertz CT molecular complexity index is 1110. The summed E-state index contributed by atoms with van der Waals surface area (Å²) >= 11 is 0. The lowest BCUT2D eigenvalue weighted by Crippen LogP contribution is -2.30. The Kier molecular flexibility index (Phi) is 49.8. The fraction of sp³-hybridized carbons (Fsp3) is 0.807. The van der Waals surface area contributed by atoms with E-state index in [9.17, 15) is 14.4 Å². The maximum atomic E-state index is 12.8. The van der Waals surface area contributed by atoms with Crippen molar-refractivity contribution in [1.29, 1.82) is 0 Å². The number of hydrogen-bond acceptors (Lipinski definition) is 6. The minimum atomic E-state index is -0.793. The van der Waals surface area contributed by atoms with Crippen molar-refractivity contribution < 1.29 is 28.6 Å². The number of esters is 3. The highest BCUT2D eigenvalue weighted by Crippen LogP contribution is 2.15. The van der Waals surface area contributed by atoms with E-state index in [2.05, 4.69) is 69.4 Å². The minimum absolute atomic E-state index is 0.0884. The van der Waals surface area contributed by atoms with Crippen molar-refractivity contribution in [3.8, 4) is 0 Å². The normalized spacial score (nSPS) is 12.4. The molecule has 0 bridgehead atoms. The first-order valence-corrected chi connectivity index (χ1v) is 27.1. The van der Waals surface area contributed by atoms with Crippen molar-refractivity contribution in [2.45, 2.75) is 284 Å². The van der Waals surface area contributed by atoms with Crippen LogP contribution in [0.3, 0.4) is 0 Å². The highest BCUT2D eigenvalue weighted by atomic mass is 16.6. The van der Waals surface area contributed by atoms with E-state index in [1.807, 2.05) is 0 Å². The van der Waals surface area contributed by atoms with Gasteiger partial charge in [-0.05, 0) is 83.5 Å². The molecule has 0 radical (unpaired) electrons. The van der Waals surface area contributed by atoms with Crippen LogP contribution >= 0.6 is 0 Å². The van der Waals surface area contributed by atoms with E-state index in [-0.39, 0.29) is 37.5 Å². The molecule has 0 aromatic carbocycles. The number of unbranched alkanes of at least 4 members (excludes halogenated alkanes) is 30. The molecule has 366 valence electrons. The molecule has 1 atom stereocenters. The van der Waals surface area contributed by atoms with Gasteiger partial charge in [0.05, 0.1) is 0 Å². The molecule has 63 heavy (non-hydrogen) atoms. The van der Waals surface area contributed by atoms with Gasteiger partial charge in [0, 0.05) is 19.3 Å². The molecule has 0 saturated carbocycles. The Morgan fingerprint density at radius 1 is 0.317 bits per heavy atom. The number of allylic oxidation sites excluding steroid dienone is 8. The molecule has 0 spiro atoms. The topological polar surface area (TPSA) is 78.9 Å². The lowest BCUT2D eigenvalue weighted by atomic mass is 10.0. The minimum Gasteiger partial charge on any atom is -0.462 e. The first-order valence-electron chi connectivity index (χ1n) is 27.1. The van der Waals surface area contributed by atoms with Crippen molar-refractivity contribution in [2.24, 2.45) is 0 Å². The molecule has 6 nitrogen and oxygen atoms in total. The smallest absolute Gasteiger partial charge is 0.306 e. The molecular formula is C57H102O6. The number of carbonyl (C=O) groups excluding carboxylic acids is 3. The lowest BCUT2D eigenvalue weighted by molar-refractivity contribution is -0.167. The quantitative estimate of drug-likeness (QED) is 0.0262. The van der Waals surface area contributed by atoms with Crippen LogP contribution in [0.25, 0.3) is 0 Å². The molecule has 6 heteroatoms. The van der Waals surface area contributed by atoms with Crippen LogP contribution in [0.4, 0.5) is 0 Å². The molecule has 0 aromatic rings. The molecule has 0 saturated heterocycles. The Balaban J connectivity index is 4.43. The number of ether oxygens (including phenoxy) is 3. The molecule has 0 aromatic heterocycles. The second-order valence-corrected chi connectivity index (χ2v) is 18.1. The van der Waals surface area contributed by atoms with E-state index < -0.39 is 6.10 Å². The highest BCUT2D eigenvalue weighted by molar-refractivity contribution is 5.71. The molecule has 0 aliphatic carbocycles. The Morgan fingerprint density at radius 3 is 0.968 bits per heavy atom. The summed E-state index contributed by atoms with van der Waals surface area (Å²) in [5, 5.41) is 0. The molecule has 0 N–H and O–H groups in total. The van der Waals surface area contributed by atoms with Gasteiger partial charge in [-0.15, -0.1) is 0 Å². The molecule has 0 rings (SSSR count). The monoisotopic (exact) mass is 883 g/mol. The maximum Gasteiger partial charge on any atom is 0.306 e.